The number of fused-ring (bicyclic) bond motifs is 1. The molecule has 0 fully saturated rings. The lowest BCUT2D eigenvalue weighted by atomic mass is 10.00. The molecule has 110 valence electrons. The second kappa shape index (κ2) is 6.27. The predicted octanol–water partition coefficient (Wildman–Crippen LogP) is 1.57. The molecule has 0 aliphatic carbocycles. The first-order chi connectivity index (χ1) is 9.54. The summed E-state index contributed by atoms with van der Waals surface area (Å²) in [5.41, 5.74) is 2.34. The number of hydrogen-bond acceptors (Lipinski definition) is 3. The van der Waals surface area contributed by atoms with E-state index in [1.165, 1.54) is 5.56 Å². The number of aliphatic hydroxyl groups excluding tert-OH is 1. The predicted molar refractivity (Wildman–Crippen MR) is 80.8 cm³/mol. The van der Waals surface area contributed by atoms with Gasteiger partial charge in [-0.1, -0.05) is 32.0 Å². The molecule has 0 unspecified atom stereocenters. The van der Waals surface area contributed by atoms with Crippen LogP contribution in [-0.2, 0) is 11.2 Å². The third-order valence-electron chi connectivity index (χ3n) is 4.02. The lowest BCUT2D eigenvalue weighted by molar-refractivity contribution is -0.124. The zero-order valence-corrected chi connectivity index (χ0v) is 12.5. The summed E-state index contributed by atoms with van der Waals surface area (Å²) in [6.45, 7) is 4.09. The quantitative estimate of drug-likeness (QED) is 0.862. The first kappa shape index (κ1) is 14.9. The van der Waals surface area contributed by atoms with Crippen LogP contribution in [0.1, 0.15) is 25.8 Å². The average molecular weight is 276 g/mol. The van der Waals surface area contributed by atoms with Crippen molar-refractivity contribution in [2.24, 2.45) is 5.92 Å². The summed E-state index contributed by atoms with van der Waals surface area (Å²) >= 11 is 0. The molecule has 1 aromatic carbocycles. The average Bonchev–Trinajstić information content (AvgIpc) is 2.47. The fraction of sp³-hybridized carbons (Fsp3) is 0.562. The molecule has 4 nitrogen and oxygen atoms in total. The van der Waals surface area contributed by atoms with Crippen molar-refractivity contribution in [1.29, 1.82) is 0 Å². The molecule has 1 amide bonds. The number of anilines is 1. The van der Waals surface area contributed by atoms with Crippen molar-refractivity contribution < 1.29 is 9.90 Å². The van der Waals surface area contributed by atoms with E-state index >= 15 is 0 Å². The van der Waals surface area contributed by atoms with Gasteiger partial charge in [-0.05, 0) is 30.4 Å². The topological polar surface area (TPSA) is 52.6 Å². The number of nitrogens with one attached hydrogen (secondary N) is 1. The van der Waals surface area contributed by atoms with Crippen molar-refractivity contribution in [2.75, 3.05) is 18.6 Å². The fourth-order valence-electron chi connectivity index (χ4n) is 2.97. The Hall–Kier alpha value is -1.55. The Morgan fingerprint density at radius 2 is 2.10 bits per heavy atom. The van der Waals surface area contributed by atoms with E-state index in [9.17, 15) is 9.90 Å². The van der Waals surface area contributed by atoms with E-state index in [1.807, 2.05) is 19.2 Å². The minimum Gasteiger partial charge on any atom is -0.394 e. The maximum Gasteiger partial charge on any atom is 0.243 e. The summed E-state index contributed by atoms with van der Waals surface area (Å²) < 4.78 is 0. The zero-order valence-electron chi connectivity index (χ0n) is 12.5. The Morgan fingerprint density at radius 1 is 1.40 bits per heavy atom. The number of benzene rings is 1. The van der Waals surface area contributed by atoms with E-state index in [0.717, 1.165) is 18.5 Å². The second-order valence-corrected chi connectivity index (χ2v) is 5.86. The summed E-state index contributed by atoms with van der Waals surface area (Å²) in [6.07, 6.45) is 1.62. The molecule has 0 bridgehead atoms. The largest absolute Gasteiger partial charge is 0.394 e. The number of aliphatic hydroxyl groups is 1. The van der Waals surface area contributed by atoms with E-state index in [-0.39, 0.29) is 30.5 Å². The third kappa shape index (κ3) is 2.96. The van der Waals surface area contributed by atoms with E-state index in [0.29, 0.717) is 0 Å². The van der Waals surface area contributed by atoms with E-state index in [1.54, 1.807) is 0 Å². The van der Waals surface area contributed by atoms with Crippen LogP contribution in [0.15, 0.2) is 24.3 Å². The molecule has 1 aromatic rings. The standard InChI is InChI=1S/C16H24N2O2/c1-11(2)15-16(20)17-13(10-19)9-8-12-6-4-5-7-14(12)18(15)3/h4-7,11,13,15,19H,8-10H2,1-3H3,(H,17,20)/t13-,15-/m0/s1. The van der Waals surface area contributed by atoms with Crippen LogP contribution in [-0.4, -0.2) is 36.8 Å². The van der Waals surface area contributed by atoms with Crippen molar-refractivity contribution in [3.8, 4) is 0 Å². The molecule has 0 saturated heterocycles. The molecule has 20 heavy (non-hydrogen) atoms. The van der Waals surface area contributed by atoms with Crippen molar-refractivity contribution >= 4 is 11.6 Å². The highest BCUT2D eigenvalue weighted by Gasteiger charge is 2.30. The van der Waals surface area contributed by atoms with Crippen molar-refractivity contribution in [1.82, 2.24) is 5.32 Å². The van der Waals surface area contributed by atoms with Crippen LogP contribution in [0.5, 0.6) is 0 Å². The van der Waals surface area contributed by atoms with Crippen LogP contribution in [0.2, 0.25) is 0 Å². The van der Waals surface area contributed by atoms with Gasteiger partial charge < -0.3 is 15.3 Å². The summed E-state index contributed by atoms with van der Waals surface area (Å²) in [4.78, 5) is 14.6. The van der Waals surface area contributed by atoms with Gasteiger partial charge in [0, 0.05) is 12.7 Å². The van der Waals surface area contributed by atoms with Gasteiger partial charge in [0.05, 0.1) is 12.6 Å². The molecular weight excluding hydrogens is 252 g/mol. The van der Waals surface area contributed by atoms with Crippen LogP contribution in [0.25, 0.3) is 0 Å². The number of aryl methyl sites for hydroxylation is 1. The van der Waals surface area contributed by atoms with E-state index in [4.69, 9.17) is 0 Å². The van der Waals surface area contributed by atoms with Crippen LogP contribution >= 0.6 is 0 Å². The zero-order chi connectivity index (χ0) is 14.7. The molecule has 2 atom stereocenters. The fourth-order valence-corrected chi connectivity index (χ4v) is 2.97. The second-order valence-electron chi connectivity index (χ2n) is 5.86. The van der Waals surface area contributed by atoms with E-state index in [2.05, 4.69) is 36.2 Å². The molecule has 0 spiro atoms. The molecule has 2 N–H and O–H groups in total. The summed E-state index contributed by atoms with van der Waals surface area (Å²) in [6, 6.07) is 7.82. The minimum atomic E-state index is -0.219. The number of hydrogen-bond donors (Lipinski definition) is 2. The molecule has 2 rings (SSSR count). The van der Waals surface area contributed by atoms with Gasteiger partial charge in [-0.25, -0.2) is 0 Å². The molecule has 1 aliphatic rings. The molecule has 1 aliphatic heterocycles. The highest BCUT2D eigenvalue weighted by Crippen LogP contribution is 2.26. The highest BCUT2D eigenvalue weighted by molar-refractivity contribution is 5.86. The minimum absolute atomic E-state index is 0.00162. The number of nitrogens with zero attached hydrogens (tertiary/aromatic N) is 1. The van der Waals surface area contributed by atoms with Gasteiger partial charge in [0.1, 0.15) is 6.04 Å². The van der Waals surface area contributed by atoms with Gasteiger partial charge in [0.2, 0.25) is 5.91 Å². The summed E-state index contributed by atoms with van der Waals surface area (Å²) in [5.74, 6) is 0.198. The van der Waals surface area contributed by atoms with Gasteiger partial charge in [-0.3, -0.25) is 4.79 Å². The normalized spacial score (nSPS) is 23.6. The Bertz CT molecular complexity index is 473. The summed E-state index contributed by atoms with van der Waals surface area (Å²) in [7, 11) is 1.97. The van der Waals surface area contributed by atoms with Crippen molar-refractivity contribution in [3.05, 3.63) is 29.8 Å². The first-order valence-electron chi connectivity index (χ1n) is 7.26. The lowest BCUT2D eigenvalue weighted by Gasteiger charge is -2.33. The van der Waals surface area contributed by atoms with Crippen LogP contribution < -0.4 is 10.2 Å². The SMILES string of the molecule is CC(C)[C@H]1C(=O)N[C@H](CO)CCc2ccccc2N1C. The van der Waals surface area contributed by atoms with E-state index < -0.39 is 0 Å². The molecular formula is C16H24N2O2. The third-order valence-corrected chi connectivity index (χ3v) is 4.02. The van der Waals surface area contributed by atoms with Gasteiger partial charge in [0.15, 0.2) is 0 Å². The lowest BCUT2D eigenvalue weighted by Crippen LogP contribution is -2.51. The first-order valence-corrected chi connectivity index (χ1v) is 7.26. The monoisotopic (exact) mass is 276 g/mol. The Morgan fingerprint density at radius 3 is 2.75 bits per heavy atom. The number of para-hydroxylation sites is 1. The number of carbonyl (C=O) groups is 1. The number of carbonyl (C=O) groups excluding carboxylic acids is 1. The van der Waals surface area contributed by atoms with Gasteiger partial charge in [-0.2, -0.15) is 0 Å². The van der Waals surface area contributed by atoms with Crippen LogP contribution in [0.4, 0.5) is 5.69 Å². The molecule has 0 aromatic heterocycles. The van der Waals surface area contributed by atoms with Gasteiger partial charge >= 0.3 is 0 Å². The Balaban J connectivity index is 2.43. The van der Waals surface area contributed by atoms with Crippen molar-refractivity contribution in [2.45, 2.75) is 38.8 Å². The maximum atomic E-state index is 12.5. The molecule has 0 radical (unpaired) electrons. The number of rotatable bonds is 2. The van der Waals surface area contributed by atoms with Gasteiger partial charge in [-0.15, -0.1) is 0 Å². The van der Waals surface area contributed by atoms with Crippen molar-refractivity contribution in [3.63, 3.8) is 0 Å². The number of amides is 1. The smallest absolute Gasteiger partial charge is 0.243 e. The molecule has 4 heteroatoms. The summed E-state index contributed by atoms with van der Waals surface area (Å²) in [5, 5.41) is 12.4. The number of likely N-dealkylation sites (N-methyl/N-ethyl adjacent to an activating group) is 1. The van der Waals surface area contributed by atoms with Crippen LogP contribution in [0, 0.1) is 5.92 Å². The molecule has 1 heterocycles. The Kier molecular flexibility index (Phi) is 4.65. The van der Waals surface area contributed by atoms with Gasteiger partial charge in [0.25, 0.3) is 0 Å². The Labute approximate surface area is 120 Å². The maximum absolute atomic E-state index is 12.5. The van der Waals surface area contributed by atoms with Crippen LogP contribution in [0.3, 0.4) is 0 Å². The highest BCUT2D eigenvalue weighted by atomic mass is 16.3. The molecule has 0 saturated carbocycles.